The zero-order valence-corrected chi connectivity index (χ0v) is 19.0. The summed E-state index contributed by atoms with van der Waals surface area (Å²) >= 11 is 0. The average Bonchev–Trinajstić information content (AvgIpc) is 3.26. The van der Waals surface area contributed by atoms with Crippen molar-refractivity contribution >= 4 is 22.8 Å². The summed E-state index contributed by atoms with van der Waals surface area (Å²) in [5.74, 6) is 1.97. The molecule has 1 amide bonds. The molecule has 1 aliphatic rings. The molecule has 4 aromatic rings. The fraction of sp³-hybridized carbons (Fsp3) is 0.231. The van der Waals surface area contributed by atoms with Crippen molar-refractivity contribution in [2.24, 2.45) is 0 Å². The number of carbonyl (C=O) groups is 1. The molecule has 1 fully saturated rings. The molecule has 0 radical (unpaired) electrons. The number of allylic oxidation sites excluding steroid dienone is 1. The number of anilines is 1. The minimum atomic E-state index is 0.0522. The van der Waals surface area contributed by atoms with Crippen molar-refractivity contribution in [3.63, 3.8) is 0 Å². The minimum Gasteiger partial charge on any atom is -0.457 e. The lowest BCUT2D eigenvalue weighted by molar-refractivity contribution is -0.127. The smallest absolute Gasteiger partial charge is 0.246 e. The zero-order chi connectivity index (χ0) is 23.5. The maximum absolute atomic E-state index is 12.2. The summed E-state index contributed by atoms with van der Waals surface area (Å²) in [6, 6.07) is 17.5. The van der Waals surface area contributed by atoms with Gasteiger partial charge in [0.2, 0.25) is 5.91 Å². The van der Waals surface area contributed by atoms with Crippen LogP contribution in [0.15, 0.2) is 73.1 Å². The van der Waals surface area contributed by atoms with Crippen molar-refractivity contribution in [2.75, 3.05) is 18.8 Å². The molecule has 0 bridgehead atoms. The standard InChI is InChI=1S/C26H26N6O2/c1-2-6-22(33)31-15-13-19(14-16-31)32-26-23(25(27)28-17-29-26)24(30-32)18-9-11-21(12-10-18)34-20-7-4-3-5-8-20/h2-12,17,19H,13-16H2,1H3,(H2,27,28,29)/b6-2+. The summed E-state index contributed by atoms with van der Waals surface area (Å²) < 4.78 is 7.87. The molecular formula is C26H26N6O2. The van der Waals surface area contributed by atoms with E-state index in [1.807, 2.05) is 71.1 Å². The molecule has 0 spiro atoms. The third-order valence-corrected chi connectivity index (χ3v) is 6.06. The first-order valence-corrected chi connectivity index (χ1v) is 11.4. The first kappa shape index (κ1) is 21.6. The number of nitrogens with two attached hydrogens (primary N) is 1. The van der Waals surface area contributed by atoms with Gasteiger partial charge in [0.05, 0.1) is 11.4 Å². The number of ether oxygens (including phenoxy) is 1. The van der Waals surface area contributed by atoms with Gasteiger partial charge in [0.15, 0.2) is 5.65 Å². The van der Waals surface area contributed by atoms with Crippen LogP contribution >= 0.6 is 0 Å². The second-order valence-electron chi connectivity index (χ2n) is 8.25. The van der Waals surface area contributed by atoms with E-state index in [2.05, 4.69) is 9.97 Å². The van der Waals surface area contributed by atoms with E-state index in [-0.39, 0.29) is 11.9 Å². The monoisotopic (exact) mass is 454 g/mol. The second kappa shape index (κ2) is 9.35. The molecule has 8 heteroatoms. The van der Waals surface area contributed by atoms with Crippen molar-refractivity contribution in [3.05, 3.63) is 73.1 Å². The third kappa shape index (κ3) is 4.22. The van der Waals surface area contributed by atoms with Gasteiger partial charge < -0.3 is 15.4 Å². The number of nitrogen functional groups attached to an aromatic ring is 1. The van der Waals surface area contributed by atoms with E-state index in [0.29, 0.717) is 24.6 Å². The van der Waals surface area contributed by atoms with Crippen molar-refractivity contribution < 1.29 is 9.53 Å². The number of piperidine rings is 1. The van der Waals surface area contributed by atoms with E-state index in [1.165, 1.54) is 6.33 Å². The molecule has 2 aromatic carbocycles. The second-order valence-corrected chi connectivity index (χ2v) is 8.25. The Hall–Kier alpha value is -4.20. The Kier molecular flexibility index (Phi) is 5.95. The number of benzene rings is 2. The van der Waals surface area contributed by atoms with E-state index in [0.717, 1.165) is 41.0 Å². The summed E-state index contributed by atoms with van der Waals surface area (Å²) in [7, 11) is 0. The predicted molar refractivity (Wildman–Crippen MR) is 131 cm³/mol. The van der Waals surface area contributed by atoms with E-state index in [4.69, 9.17) is 15.6 Å². The van der Waals surface area contributed by atoms with E-state index in [9.17, 15) is 4.79 Å². The molecule has 2 N–H and O–H groups in total. The largest absolute Gasteiger partial charge is 0.457 e. The molecule has 34 heavy (non-hydrogen) atoms. The molecule has 0 aliphatic carbocycles. The van der Waals surface area contributed by atoms with Crippen LogP contribution in [0.2, 0.25) is 0 Å². The van der Waals surface area contributed by atoms with Crippen LogP contribution in [-0.2, 0) is 4.79 Å². The molecule has 5 rings (SSSR count). The van der Waals surface area contributed by atoms with Crippen molar-refractivity contribution in [1.29, 1.82) is 0 Å². The Labute approximate surface area is 197 Å². The number of aromatic nitrogens is 4. The van der Waals surface area contributed by atoms with Gasteiger partial charge in [-0.3, -0.25) is 4.79 Å². The van der Waals surface area contributed by atoms with E-state index < -0.39 is 0 Å². The van der Waals surface area contributed by atoms with Crippen LogP contribution < -0.4 is 10.5 Å². The quantitative estimate of drug-likeness (QED) is 0.442. The normalized spacial score (nSPS) is 14.7. The lowest BCUT2D eigenvalue weighted by Gasteiger charge is -2.31. The number of para-hydroxylation sites is 1. The van der Waals surface area contributed by atoms with Gasteiger partial charge in [-0.15, -0.1) is 0 Å². The van der Waals surface area contributed by atoms with E-state index in [1.54, 1.807) is 12.2 Å². The first-order chi connectivity index (χ1) is 16.6. The maximum Gasteiger partial charge on any atom is 0.246 e. The number of fused-ring (bicyclic) bond motifs is 1. The van der Waals surface area contributed by atoms with Gasteiger partial charge in [0.25, 0.3) is 0 Å². The highest BCUT2D eigenvalue weighted by atomic mass is 16.5. The fourth-order valence-electron chi connectivity index (χ4n) is 4.34. The van der Waals surface area contributed by atoms with Crippen LogP contribution in [0.1, 0.15) is 25.8 Å². The number of likely N-dealkylation sites (tertiary alicyclic amines) is 1. The highest BCUT2D eigenvalue weighted by molar-refractivity contribution is 5.98. The Balaban J connectivity index is 1.43. The first-order valence-electron chi connectivity index (χ1n) is 11.4. The Morgan fingerprint density at radius 1 is 1.03 bits per heavy atom. The van der Waals surface area contributed by atoms with Gasteiger partial charge in [-0.1, -0.05) is 24.3 Å². The van der Waals surface area contributed by atoms with Gasteiger partial charge in [-0.2, -0.15) is 5.10 Å². The van der Waals surface area contributed by atoms with Crippen molar-refractivity contribution in [1.82, 2.24) is 24.6 Å². The third-order valence-electron chi connectivity index (χ3n) is 6.06. The highest BCUT2D eigenvalue weighted by Gasteiger charge is 2.27. The maximum atomic E-state index is 12.2. The molecule has 0 saturated carbocycles. The Morgan fingerprint density at radius 3 is 2.44 bits per heavy atom. The SMILES string of the molecule is C/C=C/C(=O)N1CCC(n2nc(-c3ccc(Oc4ccccc4)cc3)c3c(N)ncnc32)CC1. The molecule has 172 valence electrons. The molecule has 0 unspecified atom stereocenters. The summed E-state index contributed by atoms with van der Waals surface area (Å²) in [4.78, 5) is 22.8. The van der Waals surface area contributed by atoms with Gasteiger partial charge in [-0.25, -0.2) is 14.6 Å². The van der Waals surface area contributed by atoms with Crippen LogP contribution in [0.5, 0.6) is 11.5 Å². The van der Waals surface area contributed by atoms with Crippen LogP contribution in [-0.4, -0.2) is 43.6 Å². The fourth-order valence-corrected chi connectivity index (χ4v) is 4.34. The van der Waals surface area contributed by atoms with Crippen LogP contribution in [0.25, 0.3) is 22.3 Å². The minimum absolute atomic E-state index is 0.0522. The molecule has 1 saturated heterocycles. The summed E-state index contributed by atoms with van der Waals surface area (Å²) in [5.41, 5.74) is 8.64. The van der Waals surface area contributed by atoms with Gasteiger partial charge in [0.1, 0.15) is 29.3 Å². The zero-order valence-electron chi connectivity index (χ0n) is 19.0. The van der Waals surface area contributed by atoms with Gasteiger partial charge in [-0.05, 0) is 62.2 Å². The van der Waals surface area contributed by atoms with Crippen LogP contribution in [0.4, 0.5) is 5.82 Å². The van der Waals surface area contributed by atoms with E-state index >= 15 is 0 Å². The van der Waals surface area contributed by atoms with Crippen molar-refractivity contribution in [3.8, 4) is 22.8 Å². The van der Waals surface area contributed by atoms with Gasteiger partial charge >= 0.3 is 0 Å². The number of nitrogens with zero attached hydrogens (tertiary/aromatic N) is 5. The lowest BCUT2D eigenvalue weighted by atomic mass is 10.1. The van der Waals surface area contributed by atoms with Crippen molar-refractivity contribution in [2.45, 2.75) is 25.8 Å². The van der Waals surface area contributed by atoms with Crippen LogP contribution in [0.3, 0.4) is 0 Å². The molecule has 8 nitrogen and oxygen atoms in total. The number of hydrogen-bond acceptors (Lipinski definition) is 6. The summed E-state index contributed by atoms with van der Waals surface area (Å²) in [6.07, 6.45) is 6.46. The predicted octanol–water partition coefficient (Wildman–Crippen LogP) is 4.61. The number of carbonyl (C=O) groups excluding carboxylic acids is 1. The topological polar surface area (TPSA) is 99.2 Å². The Morgan fingerprint density at radius 2 is 1.74 bits per heavy atom. The Bertz CT molecular complexity index is 1320. The van der Waals surface area contributed by atoms with Gasteiger partial charge in [0, 0.05) is 18.7 Å². The molecule has 0 atom stereocenters. The summed E-state index contributed by atoms with van der Waals surface area (Å²) in [5, 5.41) is 5.68. The number of amides is 1. The summed E-state index contributed by atoms with van der Waals surface area (Å²) in [6.45, 7) is 3.21. The number of hydrogen-bond donors (Lipinski definition) is 1. The van der Waals surface area contributed by atoms with Crippen LogP contribution in [0, 0.1) is 0 Å². The molecular weight excluding hydrogens is 428 g/mol. The highest BCUT2D eigenvalue weighted by Crippen LogP contribution is 2.35. The number of rotatable bonds is 5. The molecule has 2 aromatic heterocycles. The molecule has 1 aliphatic heterocycles. The molecule has 3 heterocycles. The lowest BCUT2D eigenvalue weighted by Crippen LogP contribution is -2.38. The average molecular weight is 455 g/mol.